The number of hydrogen-bond acceptors (Lipinski definition) is 4. The van der Waals surface area contributed by atoms with Crippen LogP contribution in [0.4, 0.5) is 5.69 Å². The normalized spacial score (nSPS) is 10.2. The van der Waals surface area contributed by atoms with E-state index >= 15 is 0 Å². The maximum absolute atomic E-state index is 12.1. The molecule has 0 unspecified atom stereocenters. The van der Waals surface area contributed by atoms with Crippen molar-refractivity contribution in [3.8, 4) is 0 Å². The second-order valence-corrected chi connectivity index (χ2v) is 4.00. The first-order chi connectivity index (χ1) is 9.31. The number of carbonyl (C=O) groups is 1. The lowest BCUT2D eigenvalue weighted by Crippen LogP contribution is -2.28. The minimum Gasteiger partial charge on any atom is -0.385 e. The molecular formula is C13H17N5O. The molecule has 0 fully saturated rings. The molecule has 1 amide bonds. The summed E-state index contributed by atoms with van der Waals surface area (Å²) in [6.07, 6.45) is 3.38. The van der Waals surface area contributed by atoms with Crippen LogP contribution in [0.2, 0.25) is 0 Å². The molecule has 0 aliphatic carbocycles. The molecule has 1 heterocycles. The standard InChI is InChI=1S/C13H17N5O/c1-2-14-12-6-4-3-5-11(12)13(19)15-7-9-18-10-8-16-17-18/h3-6,8,10,14H,2,7,9H2,1H3,(H,15,19). The van der Waals surface area contributed by atoms with Crippen molar-refractivity contribution in [1.82, 2.24) is 20.3 Å². The molecule has 0 saturated carbocycles. The quantitative estimate of drug-likeness (QED) is 0.816. The van der Waals surface area contributed by atoms with Gasteiger partial charge in [0, 0.05) is 25.0 Å². The lowest BCUT2D eigenvalue weighted by Gasteiger charge is -2.10. The number of aromatic nitrogens is 3. The second-order valence-electron chi connectivity index (χ2n) is 4.00. The highest BCUT2D eigenvalue weighted by atomic mass is 16.1. The summed E-state index contributed by atoms with van der Waals surface area (Å²) >= 11 is 0. The van der Waals surface area contributed by atoms with Crippen LogP contribution in [0.15, 0.2) is 36.7 Å². The van der Waals surface area contributed by atoms with Gasteiger partial charge in [0.1, 0.15) is 0 Å². The summed E-state index contributed by atoms with van der Waals surface area (Å²) in [4.78, 5) is 12.1. The first-order valence-corrected chi connectivity index (χ1v) is 6.26. The zero-order chi connectivity index (χ0) is 13.5. The number of rotatable bonds is 6. The van der Waals surface area contributed by atoms with Crippen molar-refractivity contribution < 1.29 is 4.79 Å². The van der Waals surface area contributed by atoms with Gasteiger partial charge in [0.2, 0.25) is 0 Å². The van der Waals surface area contributed by atoms with Gasteiger partial charge in [-0.15, -0.1) is 5.10 Å². The number of nitrogens with one attached hydrogen (secondary N) is 2. The summed E-state index contributed by atoms with van der Waals surface area (Å²) in [6, 6.07) is 7.47. The smallest absolute Gasteiger partial charge is 0.253 e. The number of carbonyl (C=O) groups excluding carboxylic acids is 1. The summed E-state index contributed by atoms with van der Waals surface area (Å²) in [5, 5.41) is 13.6. The SMILES string of the molecule is CCNc1ccccc1C(=O)NCCn1ccnn1. The van der Waals surface area contributed by atoms with Gasteiger partial charge in [-0.05, 0) is 19.1 Å². The van der Waals surface area contributed by atoms with Gasteiger partial charge < -0.3 is 10.6 Å². The maximum Gasteiger partial charge on any atom is 0.253 e. The molecular weight excluding hydrogens is 242 g/mol. The van der Waals surface area contributed by atoms with E-state index in [4.69, 9.17) is 0 Å². The minimum absolute atomic E-state index is 0.0864. The summed E-state index contributed by atoms with van der Waals surface area (Å²) in [5.74, 6) is -0.0864. The lowest BCUT2D eigenvalue weighted by atomic mass is 10.1. The van der Waals surface area contributed by atoms with Crippen molar-refractivity contribution in [1.29, 1.82) is 0 Å². The Bertz CT molecular complexity index is 524. The molecule has 1 aromatic heterocycles. The molecule has 0 aliphatic rings. The highest BCUT2D eigenvalue weighted by Crippen LogP contribution is 2.14. The zero-order valence-corrected chi connectivity index (χ0v) is 10.8. The highest BCUT2D eigenvalue weighted by molar-refractivity contribution is 5.99. The van der Waals surface area contributed by atoms with Crippen LogP contribution < -0.4 is 10.6 Å². The molecule has 2 aromatic rings. The van der Waals surface area contributed by atoms with Crippen LogP contribution in [-0.4, -0.2) is 34.0 Å². The largest absolute Gasteiger partial charge is 0.385 e. The molecule has 0 aliphatic heterocycles. The van der Waals surface area contributed by atoms with E-state index in [-0.39, 0.29) is 5.91 Å². The van der Waals surface area contributed by atoms with Crippen molar-refractivity contribution in [2.24, 2.45) is 0 Å². The first kappa shape index (κ1) is 13.1. The number of hydrogen-bond donors (Lipinski definition) is 2. The molecule has 0 spiro atoms. The Balaban J connectivity index is 1.92. The van der Waals surface area contributed by atoms with Crippen molar-refractivity contribution in [3.05, 3.63) is 42.2 Å². The van der Waals surface area contributed by atoms with Crippen LogP contribution in [0.5, 0.6) is 0 Å². The fourth-order valence-electron chi connectivity index (χ4n) is 1.76. The molecule has 19 heavy (non-hydrogen) atoms. The van der Waals surface area contributed by atoms with Gasteiger partial charge in [0.05, 0.1) is 18.3 Å². The van der Waals surface area contributed by atoms with Gasteiger partial charge in [0.15, 0.2) is 0 Å². The summed E-state index contributed by atoms with van der Waals surface area (Å²) in [5.41, 5.74) is 1.51. The van der Waals surface area contributed by atoms with Crippen LogP contribution >= 0.6 is 0 Å². The third-order valence-corrected chi connectivity index (χ3v) is 2.64. The third kappa shape index (κ3) is 3.54. The maximum atomic E-state index is 12.1. The summed E-state index contributed by atoms with van der Waals surface area (Å²) in [7, 11) is 0. The van der Waals surface area contributed by atoms with E-state index < -0.39 is 0 Å². The topological polar surface area (TPSA) is 71.8 Å². The Morgan fingerprint density at radius 2 is 2.21 bits per heavy atom. The van der Waals surface area contributed by atoms with Crippen molar-refractivity contribution in [3.63, 3.8) is 0 Å². The molecule has 100 valence electrons. The highest BCUT2D eigenvalue weighted by Gasteiger charge is 2.09. The van der Waals surface area contributed by atoms with E-state index in [1.807, 2.05) is 31.2 Å². The number of amides is 1. The predicted molar refractivity (Wildman–Crippen MR) is 73.0 cm³/mol. The van der Waals surface area contributed by atoms with Gasteiger partial charge in [-0.2, -0.15) is 0 Å². The van der Waals surface area contributed by atoms with Crippen molar-refractivity contribution in [2.45, 2.75) is 13.5 Å². The second kappa shape index (κ2) is 6.53. The molecule has 6 nitrogen and oxygen atoms in total. The zero-order valence-electron chi connectivity index (χ0n) is 10.8. The van der Waals surface area contributed by atoms with E-state index in [1.165, 1.54) is 0 Å². The van der Waals surface area contributed by atoms with Crippen LogP contribution in [0.3, 0.4) is 0 Å². The van der Waals surface area contributed by atoms with Crippen molar-refractivity contribution in [2.75, 3.05) is 18.4 Å². The monoisotopic (exact) mass is 259 g/mol. The van der Waals surface area contributed by atoms with E-state index in [0.29, 0.717) is 18.7 Å². The fraction of sp³-hybridized carbons (Fsp3) is 0.308. The molecule has 6 heteroatoms. The molecule has 0 bridgehead atoms. The molecule has 0 radical (unpaired) electrons. The number of nitrogens with zero attached hydrogens (tertiary/aromatic N) is 3. The van der Waals surface area contributed by atoms with Crippen LogP contribution in [0.25, 0.3) is 0 Å². The van der Waals surface area contributed by atoms with Crippen LogP contribution in [0, 0.1) is 0 Å². The van der Waals surface area contributed by atoms with Crippen molar-refractivity contribution >= 4 is 11.6 Å². The number of benzene rings is 1. The molecule has 1 aromatic carbocycles. The number of para-hydroxylation sites is 1. The predicted octanol–water partition coefficient (Wildman–Crippen LogP) is 1.14. The van der Waals surface area contributed by atoms with Crippen LogP contribution in [0.1, 0.15) is 17.3 Å². The van der Waals surface area contributed by atoms with E-state index in [0.717, 1.165) is 12.2 Å². The Hall–Kier alpha value is -2.37. The molecule has 2 N–H and O–H groups in total. The summed E-state index contributed by atoms with van der Waals surface area (Å²) in [6.45, 7) is 3.90. The van der Waals surface area contributed by atoms with Gasteiger partial charge in [-0.3, -0.25) is 9.48 Å². The Morgan fingerprint density at radius 1 is 1.37 bits per heavy atom. The summed E-state index contributed by atoms with van der Waals surface area (Å²) < 4.78 is 1.68. The van der Waals surface area contributed by atoms with Gasteiger partial charge in [-0.25, -0.2) is 0 Å². The third-order valence-electron chi connectivity index (χ3n) is 2.64. The Kier molecular flexibility index (Phi) is 4.49. The average molecular weight is 259 g/mol. The average Bonchev–Trinajstić information content (AvgIpc) is 2.93. The van der Waals surface area contributed by atoms with Gasteiger partial charge in [0.25, 0.3) is 5.91 Å². The lowest BCUT2D eigenvalue weighted by molar-refractivity contribution is 0.0952. The Labute approximate surface area is 111 Å². The van der Waals surface area contributed by atoms with Crippen LogP contribution in [-0.2, 0) is 6.54 Å². The molecule has 0 saturated heterocycles. The van der Waals surface area contributed by atoms with E-state index in [2.05, 4.69) is 20.9 Å². The van der Waals surface area contributed by atoms with E-state index in [1.54, 1.807) is 17.1 Å². The van der Waals surface area contributed by atoms with Gasteiger partial charge >= 0.3 is 0 Å². The molecule has 2 rings (SSSR count). The Morgan fingerprint density at radius 3 is 2.95 bits per heavy atom. The van der Waals surface area contributed by atoms with E-state index in [9.17, 15) is 4.79 Å². The first-order valence-electron chi connectivity index (χ1n) is 6.26. The fourth-order valence-corrected chi connectivity index (χ4v) is 1.76. The minimum atomic E-state index is -0.0864. The number of anilines is 1. The van der Waals surface area contributed by atoms with Gasteiger partial charge in [-0.1, -0.05) is 17.3 Å². The molecule has 0 atom stereocenters.